The zero-order chi connectivity index (χ0) is 15.4. The number of oxazole rings is 1. The van der Waals surface area contributed by atoms with Crippen molar-refractivity contribution in [1.29, 1.82) is 0 Å². The van der Waals surface area contributed by atoms with Gasteiger partial charge in [0.05, 0.1) is 7.11 Å². The third kappa shape index (κ3) is 3.23. The van der Waals surface area contributed by atoms with E-state index in [1.165, 1.54) is 0 Å². The molecule has 3 aromatic rings. The van der Waals surface area contributed by atoms with Gasteiger partial charge in [-0.3, -0.25) is 0 Å². The molecule has 0 amide bonds. The Morgan fingerprint density at radius 1 is 1.09 bits per heavy atom. The van der Waals surface area contributed by atoms with Gasteiger partial charge in [-0.1, -0.05) is 29.8 Å². The van der Waals surface area contributed by atoms with Crippen LogP contribution in [0.1, 0.15) is 5.69 Å². The molecule has 0 aliphatic rings. The summed E-state index contributed by atoms with van der Waals surface area (Å²) in [6.07, 6.45) is 1.58. The molecule has 22 heavy (non-hydrogen) atoms. The van der Waals surface area contributed by atoms with Gasteiger partial charge < -0.3 is 13.9 Å². The second-order valence-electron chi connectivity index (χ2n) is 4.59. The molecular formula is C17H14ClNO3. The van der Waals surface area contributed by atoms with Crippen molar-refractivity contribution >= 4 is 11.6 Å². The van der Waals surface area contributed by atoms with E-state index in [-0.39, 0.29) is 0 Å². The molecule has 3 rings (SSSR count). The summed E-state index contributed by atoms with van der Waals surface area (Å²) in [6, 6.07) is 14.8. The molecule has 0 spiro atoms. The highest BCUT2D eigenvalue weighted by Gasteiger charge is 2.09. The number of benzene rings is 2. The Balaban J connectivity index is 1.72. The summed E-state index contributed by atoms with van der Waals surface area (Å²) in [5.74, 6) is 1.86. The molecule has 0 saturated carbocycles. The van der Waals surface area contributed by atoms with Crippen LogP contribution in [0.3, 0.4) is 0 Å². The van der Waals surface area contributed by atoms with Gasteiger partial charge in [0.2, 0.25) is 5.89 Å². The van der Waals surface area contributed by atoms with Crippen LogP contribution in [0.4, 0.5) is 0 Å². The molecule has 5 heteroatoms. The number of methoxy groups -OCH3 is 1. The summed E-state index contributed by atoms with van der Waals surface area (Å²) in [5, 5.41) is 0.641. The van der Waals surface area contributed by atoms with Gasteiger partial charge in [-0.05, 0) is 30.3 Å². The van der Waals surface area contributed by atoms with E-state index in [1.807, 2.05) is 36.4 Å². The van der Waals surface area contributed by atoms with Crippen molar-refractivity contribution in [2.75, 3.05) is 7.11 Å². The fourth-order valence-electron chi connectivity index (χ4n) is 2.02. The van der Waals surface area contributed by atoms with E-state index in [0.29, 0.717) is 34.7 Å². The smallest absolute Gasteiger partial charge is 0.226 e. The Bertz CT molecular complexity index is 770. The lowest BCUT2D eigenvalue weighted by molar-refractivity contribution is 0.280. The van der Waals surface area contributed by atoms with E-state index in [0.717, 1.165) is 5.56 Å². The first-order valence-electron chi connectivity index (χ1n) is 6.72. The lowest BCUT2D eigenvalue weighted by Crippen LogP contribution is -1.97. The average Bonchev–Trinajstić information content (AvgIpc) is 3.02. The number of hydrogen-bond acceptors (Lipinski definition) is 4. The van der Waals surface area contributed by atoms with Gasteiger partial charge in [-0.25, -0.2) is 4.98 Å². The average molecular weight is 316 g/mol. The summed E-state index contributed by atoms with van der Waals surface area (Å²) in [5.41, 5.74) is 1.52. The molecule has 0 fully saturated rings. The standard InChI is InChI=1S/C17H14ClNO3/c1-20-15-7-2-3-8-16(15)21-10-14-11-22-17(19-14)12-5-4-6-13(18)9-12/h2-9,11H,10H2,1H3. The highest BCUT2D eigenvalue weighted by molar-refractivity contribution is 6.30. The lowest BCUT2D eigenvalue weighted by Gasteiger charge is -2.08. The minimum atomic E-state index is 0.296. The first kappa shape index (κ1) is 14.5. The number of para-hydroxylation sites is 2. The molecule has 0 atom stereocenters. The molecule has 0 saturated heterocycles. The van der Waals surface area contributed by atoms with Gasteiger partial charge in [0.1, 0.15) is 18.6 Å². The molecule has 0 unspecified atom stereocenters. The predicted molar refractivity (Wildman–Crippen MR) is 84.3 cm³/mol. The number of hydrogen-bond donors (Lipinski definition) is 0. The second kappa shape index (κ2) is 6.54. The van der Waals surface area contributed by atoms with Gasteiger partial charge in [0, 0.05) is 10.6 Å². The van der Waals surface area contributed by atoms with E-state index in [2.05, 4.69) is 4.98 Å². The SMILES string of the molecule is COc1ccccc1OCc1coc(-c2cccc(Cl)c2)n1. The summed E-state index contributed by atoms with van der Waals surface area (Å²) in [7, 11) is 1.61. The van der Waals surface area contributed by atoms with E-state index < -0.39 is 0 Å². The van der Waals surface area contributed by atoms with Crippen LogP contribution in [0.15, 0.2) is 59.2 Å². The molecule has 0 N–H and O–H groups in total. The topological polar surface area (TPSA) is 44.5 Å². The highest BCUT2D eigenvalue weighted by Crippen LogP contribution is 2.27. The van der Waals surface area contributed by atoms with Crippen molar-refractivity contribution in [2.24, 2.45) is 0 Å². The molecule has 0 radical (unpaired) electrons. The zero-order valence-corrected chi connectivity index (χ0v) is 12.7. The van der Waals surface area contributed by atoms with Gasteiger partial charge >= 0.3 is 0 Å². The number of ether oxygens (including phenoxy) is 2. The maximum absolute atomic E-state index is 5.97. The van der Waals surface area contributed by atoms with Gasteiger partial charge in [-0.15, -0.1) is 0 Å². The van der Waals surface area contributed by atoms with Crippen LogP contribution in [0.5, 0.6) is 11.5 Å². The molecule has 2 aromatic carbocycles. The Morgan fingerprint density at radius 3 is 2.68 bits per heavy atom. The maximum Gasteiger partial charge on any atom is 0.226 e. The summed E-state index contributed by atoms with van der Waals surface area (Å²) >= 11 is 5.97. The normalized spacial score (nSPS) is 10.5. The molecule has 4 nitrogen and oxygen atoms in total. The molecular weight excluding hydrogens is 302 g/mol. The van der Waals surface area contributed by atoms with Crippen LogP contribution in [0.2, 0.25) is 5.02 Å². The minimum absolute atomic E-state index is 0.296. The Hall–Kier alpha value is -2.46. The highest BCUT2D eigenvalue weighted by atomic mass is 35.5. The Labute approximate surface area is 133 Å². The van der Waals surface area contributed by atoms with Crippen molar-refractivity contribution < 1.29 is 13.9 Å². The van der Waals surface area contributed by atoms with Gasteiger partial charge in [0.15, 0.2) is 11.5 Å². The van der Waals surface area contributed by atoms with Crippen molar-refractivity contribution in [2.45, 2.75) is 6.61 Å². The zero-order valence-electron chi connectivity index (χ0n) is 12.0. The molecule has 0 aliphatic carbocycles. The molecule has 1 aromatic heterocycles. The van der Waals surface area contributed by atoms with Crippen LogP contribution >= 0.6 is 11.6 Å². The van der Waals surface area contributed by atoms with Crippen LogP contribution in [-0.4, -0.2) is 12.1 Å². The maximum atomic E-state index is 5.97. The quantitative estimate of drug-likeness (QED) is 0.691. The predicted octanol–water partition coefficient (Wildman–Crippen LogP) is 4.58. The van der Waals surface area contributed by atoms with Crippen LogP contribution in [-0.2, 0) is 6.61 Å². The second-order valence-corrected chi connectivity index (χ2v) is 5.03. The van der Waals surface area contributed by atoms with Gasteiger partial charge in [-0.2, -0.15) is 0 Å². The van der Waals surface area contributed by atoms with Crippen LogP contribution in [0.25, 0.3) is 11.5 Å². The molecule has 0 aliphatic heterocycles. The summed E-state index contributed by atoms with van der Waals surface area (Å²) in [4.78, 5) is 4.40. The van der Waals surface area contributed by atoms with Crippen LogP contribution < -0.4 is 9.47 Å². The van der Waals surface area contributed by atoms with E-state index in [9.17, 15) is 0 Å². The molecule has 112 valence electrons. The van der Waals surface area contributed by atoms with Crippen molar-refractivity contribution in [3.63, 3.8) is 0 Å². The Morgan fingerprint density at radius 2 is 1.91 bits per heavy atom. The van der Waals surface area contributed by atoms with Crippen LogP contribution in [0, 0.1) is 0 Å². The Kier molecular flexibility index (Phi) is 4.30. The number of rotatable bonds is 5. The van der Waals surface area contributed by atoms with Gasteiger partial charge in [0.25, 0.3) is 0 Å². The van der Waals surface area contributed by atoms with E-state index >= 15 is 0 Å². The molecule has 1 heterocycles. The first-order valence-corrected chi connectivity index (χ1v) is 7.10. The third-order valence-electron chi connectivity index (χ3n) is 3.07. The number of halogens is 1. The number of aromatic nitrogens is 1. The summed E-state index contributed by atoms with van der Waals surface area (Å²) in [6.45, 7) is 0.296. The lowest BCUT2D eigenvalue weighted by atomic mass is 10.2. The first-order chi connectivity index (χ1) is 10.8. The van der Waals surface area contributed by atoms with Crippen molar-refractivity contribution in [3.8, 4) is 23.0 Å². The fourth-order valence-corrected chi connectivity index (χ4v) is 2.21. The van der Waals surface area contributed by atoms with Crippen molar-refractivity contribution in [3.05, 3.63) is 65.5 Å². The third-order valence-corrected chi connectivity index (χ3v) is 3.30. The monoisotopic (exact) mass is 315 g/mol. The fraction of sp³-hybridized carbons (Fsp3) is 0.118. The van der Waals surface area contributed by atoms with Crippen molar-refractivity contribution in [1.82, 2.24) is 4.98 Å². The molecule has 0 bridgehead atoms. The number of nitrogens with zero attached hydrogens (tertiary/aromatic N) is 1. The largest absolute Gasteiger partial charge is 0.493 e. The summed E-state index contributed by atoms with van der Waals surface area (Å²) < 4.78 is 16.4. The van der Waals surface area contributed by atoms with E-state index in [1.54, 1.807) is 25.5 Å². The minimum Gasteiger partial charge on any atom is -0.493 e. The van der Waals surface area contributed by atoms with E-state index in [4.69, 9.17) is 25.5 Å².